The van der Waals surface area contributed by atoms with Crippen LogP contribution < -0.4 is 15.4 Å². The first-order chi connectivity index (χ1) is 33.8. The summed E-state index contributed by atoms with van der Waals surface area (Å²) in [6.45, 7) is 11.9. The molecule has 3 N–H and O–H groups in total. The van der Waals surface area contributed by atoms with E-state index in [-0.39, 0.29) is 43.7 Å². The van der Waals surface area contributed by atoms with Gasteiger partial charge in [-0.2, -0.15) is 0 Å². The molecule has 0 unspecified atom stereocenters. The minimum atomic E-state index is -0.914. The van der Waals surface area contributed by atoms with Gasteiger partial charge in [-0.3, -0.25) is 24.1 Å². The first-order valence-electron chi connectivity index (χ1n) is 24.5. The number of thiazole rings is 1. The summed E-state index contributed by atoms with van der Waals surface area (Å²) in [5, 5.41) is 16.5. The number of allylic oxidation sites excluding steroid dienone is 1. The quantitative estimate of drug-likeness (QED) is 0.0400. The maximum atomic E-state index is 14.1. The zero-order valence-electron chi connectivity index (χ0n) is 40.9. The fraction of sp³-hybridized carbons (Fsp3) is 0.411. The first kappa shape index (κ1) is 52.0. The molecule has 0 radical (unpaired) electrons. The van der Waals surface area contributed by atoms with Crippen LogP contribution in [0.25, 0.3) is 21.6 Å². The molecule has 3 heterocycles. The number of unbranched alkanes of at least 4 members (excludes halogenated alkanes) is 1. The van der Waals surface area contributed by atoms with E-state index in [1.807, 2.05) is 86.6 Å². The van der Waals surface area contributed by atoms with Gasteiger partial charge in [0.1, 0.15) is 24.4 Å². The zero-order valence-corrected chi connectivity index (χ0v) is 42.4. The number of aromatic nitrogens is 1. The van der Waals surface area contributed by atoms with Crippen molar-refractivity contribution in [3.05, 3.63) is 143 Å². The summed E-state index contributed by atoms with van der Waals surface area (Å²) in [7, 11) is 0. The van der Waals surface area contributed by atoms with E-state index in [9.17, 15) is 24.3 Å². The Morgan fingerprint density at radius 2 is 1.47 bits per heavy atom. The van der Waals surface area contributed by atoms with Gasteiger partial charge < -0.3 is 30.3 Å². The lowest BCUT2D eigenvalue weighted by Crippen LogP contribution is -2.57. The lowest BCUT2D eigenvalue weighted by Gasteiger charge is -2.35. The molecule has 3 atom stereocenters. The number of halogens is 1. The molecule has 14 heteroatoms. The van der Waals surface area contributed by atoms with Crippen LogP contribution in [0.3, 0.4) is 0 Å². The molecule has 7 rings (SSSR count). The molecule has 12 nitrogen and oxygen atoms in total. The Hall–Kier alpha value is -5.86. The van der Waals surface area contributed by atoms with Crippen molar-refractivity contribution < 1.29 is 29.0 Å². The zero-order chi connectivity index (χ0) is 49.6. The molecule has 4 aromatic carbocycles. The number of likely N-dealkylation sites (tertiary alicyclic amines) is 1. The number of nitrogens with zero attached hydrogens (tertiary/aromatic N) is 4. The van der Waals surface area contributed by atoms with E-state index in [2.05, 4.69) is 81.2 Å². The summed E-state index contributed by atoms with van der Waals surface area (Å²) < 4.78 is 6.20. The van der Waals surface area contributed by atoms with Gasteiger partial charge in [0, 0.05) is 71.0 Å². The number of benzene rings is 4. The second-order valence-corrected chi connectivity index (χ2v) is 20.5. The molecule has 370 valence electrons. The van der Waals surface area contributed by atoms with Gasteiger partial charge in [-0.25, -0.2) is 4.98 Å². The molecule has 0 spiro atoms. The van der Waals surface area contributed by atoms with E-state index in [0.29, 0.717) is 44.8 Å². The van der Waals surface area contributed by atoms with Crippen LogP contribution in [0.1, 0.15) is 87.2 Å². The van der Waals surface area contributed by atoms with Crippen LogP contribution in [0.4, 0.5) is 0 Å². The Morgan fingerprint density at radius 1 is 0.829 bits per heavy atom. The average molecular weight is 988 g/mol. The molecule has 2 fully saturated rings. The summed E-state index contributed by atoms with van der Waals surface area (Å²) in [5.74, 6) is 0.339. The lowest BCUT2D eigenvalue weighted by molar-refractivity contribution is -0.144. The molecule has 0 bridgehead atoms. The van der Waals surface area contributed by atoms with Gasteiger partial charge in [-0.05, 0) is 82.7 Å². The highest BCUT2D eigenvalue weighted by molar-refractivity contribution is 7.13. The molecule has 5 aromatic rings. The number of ether oxygens (including phenoxy) is 1. The molecule has 70 heavy (non-hydrogen) atoms. The summed E-state index contributed by atoms with van der Waals surface area (Å²) in [4.78, 5) is 65.1. The van der Waals surface area contributed by atoms with Crippen molar-refractivity contribution in [2.45, 2.75) is 91.0 Å². The number of β-amino-alcohol motifs (C(OH)–C–C–N with tert-alkyl or cyclic N) is 1. The number of aryl methyl sites for hydroxylation is 1. The number of alkyl halides is 1. The van der Waals surface area contributed by atoms with E-state index >= 15 is 0 Å². The number of amides is 4. The smallest absolute Gasteiger partial charge is 0.246 e. The van der Waals surface area contributed by atoms with Crippen LogP contribution in [-0.4, -0.2) is 118 Å². The standard InChI is InChI=1S/C56H67ClN6O6S/c1-39-52(70-38-59-39)44-21-19-40(20-22-44)36-58-54(67)48-35-45(64)37-63(48)55(68)53(56(2,3)4)60-49(65)17-11-12-18-50(66)62-31-29-61(30-32-62)33-34-69-46-25-23-43(24-26-46)51(42-15-9-6-10-16-42)47(27-28-57)41-13-7-5-8-14-41/h5-10,13-16,19-26,38,45,48,53,64H,11-12,17-18,27-37H2,1-4H3,(H,58,67)(H,60,65)/b51-47-/t45-,48+,53-/m1/s1. The number of hydrogen-bond donors (Lipinski definition) is 3. The number of aliphatic hydroxyl groups excluding tert-OH is 1. The van der Waals surface area contributed by atoms with Crippen molar-refractivity contribution in [2.75, 3.05) is 51.8 Å². The van der Waals surface area contributed by atoms with E-state index in [1.54, 1.807) is 11.3 Å². The largest absolute Gasteiger partial charge is 0.492 e. The summed E-state index contributed by atoms with van der Waals surface area (Å²) >= 11 is 7.92. The van der Waals surface area contributed by atoms with Gasteiger partial charge in [-0.1, -0.05) is 118 Å². The van der Waals surface area contributed by atoms with Gasteiger partial charge >= 0.3 is 0 Å². The predicted octanol–water partition coefficient (Wildman–Crippen LogP) is 8.60. The molecule has 0 aliphatic carbocycles. The molecule has 2 aliphatic rings. The predicted molar refractivity (Wildman–Crippen MR) is 279 cm³/mol. The highest BCUT2D eigenvalue weighted by atomic mass is 35.5. The fourth-order valence-corrected chi connectivity index (χ4v) is 10.2. The van der Waals surface area contributed by atoms with Gasteiger partial charge in [0.05, 0.1) is 22.2 Å². The molecular weight excluding hydrogens is 920 g/mol. The Bertz CT molecular complexity index is 2540. The van der Waals surface area contributed by atoms with Crippen molar-refractivity contribution in [3.63, 3.8) is 0 Å². The van der Waals surface area contributed by atoms with E-state index in [1.165, 1.54) is 10.5 Å². The third kappa shape index (κ3) is 13.9. The lowest BCUT2D eigenvalue weighted by atomic mass is 9.85. The van der Waals surface area contributed by atoms with Gasteiger partial charge in [0.2, 0.25) is 23.6 Å². The average Bonchev–Trinajstić information content (AvgIpc) is 3.99. The van der Waals surface area contributed by atoms with Gasteiger partial charge in [-0.15, -0.1) is 22.9 Å². The Kier molecular flexibility index (Phi) is 18.4. The first-order valence-corrected chi connectivity index (χ1v) is 25.9. The summed E-state index contributed by atoms with van der Waals surface area (Å²) in [6, 6.07) is 35.2. The molecular formula is C56H67ClN6O6S. The third-order valence-electron chi connectivity index (χ3n) is 13.1. The van der Waals surface area contributed by atoms with Gasteiger partial charge in [0.25, 0.3) is 0 Å². The Morgan fingerprint density at radius 3 is 2.10 bits per heavy atom. The number of aliphatic hydroxyl groups is 1. The van der Waals surface area contributed by atoms with Crippen molar-refractivity contribution >= 4 is 57.7 Å². The van der Waals surface area contributed by atoms with Crippen LogP contribution in [-0.2, 0) is 25.7 Å². The molecule has 4 amide bonds. The highest BCUT2D eigenvalue weighted by Gasteiger charge is 2.44. The Balaban J connectivity index is 0.818. The Labute approximate surface area is 422 Å². The minimum Gasteiger partial charge on any atom is -0.492 e. The van der Waals surface area contributed by atoms with E-state index in [0.717, 1.165) is 75.8 Å². The number of nitrogens with one attached hydrogen (secondary N) is 2. The number of carbonyl (C=O) groups excluding carboxylic acids is 4. The van der Waals surface area contributed by atoms with Crippen LogP contribution in [0, 0.1) is 12.3 Å². The third-order valence-corrected chi connectivity index (χ3v) is 14.3. The highest BCUT2D eigenvalue weighted by Crippen LogP contribution is 2.36. The topological polar surface area (TPSA) is 144 Å². The van der Waals surface area contributed by atoms with Crippen LogP contribution in [0.15, 0.2) is 115 Å². The summed E-state index contributed by atoms with van der Waals surface area (Å²) in [6.07, 6.45) is 1.52. The van der Waals surface area contributed by atoms with Gasteiger partial charge in [0.15, 0.2) is 0 Å². The van der Waals surface area contributed by atoms with Crippen molar-refractivity contribution in [1.29, 1.82) is 0 Å². The molecule has 2 aliphatic heterocycles. The van der Waals surface area contributed by atoms with Crippen LogP contribution >= 0.6 is 22.9 Å². The SMILES string of the molecule is Cc1ncsc1-c1ccc(CNC(=O)[C@@H]2C[C@@H](O)CN2C(=O)[C@@H](NC(=O)CCCCC(=O)N2CCN(CCOc3ccc(/C(=C(/CCCl)c4ccccc4)c4ccccc4)cc3)CC2)C(C)(C)C)cc1. The fourth-order valence-electron chi connectivity index (χ4n) is 9.23. The number of carbonyl (C=O) groups is 4. The second-order valence-electron chi connectivity index (χ2n) is 19.3. The van der Waals surface area contributed by atoms with E-state index in [4.69, 9.17) is 16.3 Å². The molecule has 2 saturated heterocycles. The van der Waals surface area contributed by atoms with Crippen LogP contribution in [0.2, 0.25) is 0 Å². The van der Waals surface area contributed by atoms with Crippen molar-refractivity contribution in [1.82, 2.24) is 30.3 Å². The van der Waals surface area contributed by atoms with Crippen LogP contribution in [0.5, 0.6) is 5.75 Å². The second kappa shape index (κ2) is 24.8. The molecule has 1 aromatic heterocycles. The maximum Gasteiger partial charge on any atom is 0.246 e. The number of rotatable bonds is 20. The maximum absolute atomic E-state index is 14.1. The summed E-state index contributed by atoms with van der Waals surface area (Å²) in [5.41, 5.74) is 9.83. The number of piperazine rings is 1. The normalized spacial score (nSPS) is 17.2. The van der Waals surface area contributed by atoms with Crippen molar-refractivity contribution in [3.8, 4) is 16.2 Å². The number of hydrogen-bond acceptors (Lipinski definition) is 9. The van der Waals surface area contributed by atoms with E-state index < -0.39 is 29.5 Å². The minimum absolute atomic E-state index is 0.00269. The van der Waals surface area contributed by atoms with Crippen molar-refractivity contribution in [2.24, 2.45) is 5.41 Å². The molecule has 0 saturated carbocycles. The monoisotopic (exact) mass is 986 g/mol.